The van der Waals surface area contributed by atoms with Crippen LogP contribution in [0, 0.1) is 15.7 Å². The maximum Gasteiger partial charge on any atom is 0.192 e. The Morgan fingerprint density at radius 1 is 1.19 bits per heavy atom. The Hall–Kier alpha value is -0.743. The fourth-order valence-electron chi connectivity index (χ4n) is 4.35. The second kappa shape index (κ2) is 6.65. The van der Waals surface area contributed by atoms with Gasteiger partial charge in [0.25, 0.3) is 0 Å². The molecule has 0 amide bonds. The van der Waals surface area contributed by atoms with Crippen molar-refractivity contribution in [2.24, 2.45) is 18.9 Å². The standard InChI is InChI=1S/C19H30IN5OSi/c1-19(2,3)27(5,6)26-14-9-11-7-12(14)8-13(11)23-16-15-17(22-10-21-16)25(4)18(20)24-15/h10-14H,7-9H2,1-6H3,(H,21,22,23). The molecule has 0 saturated heterocycles. The van der Waals surface area contributed by atoms with E-state index in [0.717, 1.165) is 20.8 Å². The first kappa shape index (κ1) is 19.6. The number of imidazole rings is 1. The predicted octanol–water partition coefficient (Wildman–Crippen LogP) is 4.57. The number of nitrogens with zero attached hydrogens (tertiary/aromatic N) is 4. The summed E-state index contributed by atoms with van der Waals surface area (Å²) in [5, 5.41) is 3.97. The molecule has 148 valence electrons. The largest absolute Gasteiger partial charge is 0.414 e. The molecule has 2 aliphatic carbocycles. The fraction of sp³-hybridized carbons (Fsp3) is 0.737. The monoisotopic (exact) mass is 499 g/mol. The van der Waals surface area contributed by atoms with Crippen LogP contribution in [0.1, 0.15) is 40.0 Å². The second-order valence-corrected chi connectivity index (χ2v) is 15.5. The molecule has 0 radical (unpaired) electrons. The molecule has 0 aromatic carbocycles. The molecule has 2 bridgehead atoms. The van der Waals surface area contributed by atoms with Crippen LogP contribution in [-0.2, 0) is 11.5 Å². The lowest BCUT2D eigenvalue weighted by molar-refractivity contribution is 0.118. The molecule has 2 fully saturated rings. The van der Waals surface area contributed by atoms with E-state index in [-0.39, 0.29) is 5.04 Å². The number of fused-ring (bicyclic) bond motifs is 3. The SMILES string of the molecule is Cn1c(I)nc2c(NC3CC4CC3CC4O[Si](C)(C)C(C)(C)C)ncnc21. The van der Waals surface area contributed by atoms with Gasteiger partial charge in [-0.25, -0.2) is 15.0 Å². The number of aromatic nitrogens is 4. The number of anilines is 1. The number of halogens is 1. The van der Waals surface area contributed by atoms with Gasteiger partial charge in [0.2, 0.25) is 0 Å². The summed E-state index contributed by atoms with van der Waals surface area (Å²) in [5.74, 6) is 2.21. The van der Waals surface area contributed by atoms with Gasteiger partial charge in [-0.2, -0.15) is 0 Å². The lowest BCUT2D eigenvalue weighted by atomic mass is 9.93. The molecule has 0 spiro atoms. The highest BCUT2D eigenvalue weighted by atomic mass is 127. The molecule has 4 unspecified atom stereocenters. The first-order chi connectivity index (χ1) is 12.6. The summed E-state index contributed by atoms with van der Waals surface area (Å²) in [6, 6.07) is 0.465. The molecule has 8 heteroatoms. The molecule has 4 atom stereocenters. The number of hydrogen-bond donors (Lipinski definition) is 1. The Labute approximate surface area is 176 Å². The van der Waals surface area contributed by atoms with Gasteiger partial charge in [0, 0.05) is 41.8 Å². The zero-order chi connectivity index (χ0) is 19.6. The average Bonchev–Trinajstić information content (AvgIpc) is 3.21. The minimum Gasteiger partial charge on any atom is -0.414 e. The van der Waals surface area contributed by atoms with Crippen LogP contribution < -0.4 is 5.32 Å². The Kier molecular flexibility index (Phi) is 4.82. The van der Waals surface area contributed by atoms with Crippen molar-refractivity contribution in [3.05, 3.63) is 10.2 Å². The maximum absolute atomic E-state index is 6.75. The molecule has 2 heterocycles. The van der Waals surface area contributed by atoms with Gasteiger partial charge >= 0.3 is 0 Å². The van der Waals surface area contributed by atoms with Crippen LogP contribution in [0.2, 0.25) is 18.1 Å². The normalized spacial score (nSPS) is 28.3. The average molecular weight is 499 g/mol. The molecule has 2 saturated carbocycles. The number of nitrogens with one attached hydrogen (secondary N) is 1. The smallest absolute Gasteiger partial charge is 0.192 e. The van der Waals surface area contributed by atoms with Crippen molar-refractivity contribution in [3.63, 3.8) is 0 Å². The first-order valence-corrected chi connectivity index (χ1v) is 13.8. The van der Waals surface area contributed by atoms with Crippen molar-refractivity contribution in [1.82, 2.24) is 19.5 Å². The van der Waals surface area contributed by atoms with Gasteiger partial charge in [0.05, 0.1) is 0 Å². The number of hydrogen-bond acceptors (Lipinski definition) is 5. The van der Waals surface area contributed by atoms with E-state index in [1.165, 1.54) is 19.3 Å². The molecular weight excluding hydrogens is 469 g/mol. The highest BCUT2D eigenvalue weighted by Crippen LogP contribution is 2.50. The van der Waals surface area contributed by atoms with Gasteiger partial charge in [0.1, 0.15) is 6.33 Å². The molecule has 2 aliphatic rings. The van der Waals surface area contributed by atoms with E-state index in [0.29, 0.717) is 24.0 Å². The Balaban J connectivity index is 1.46. The van der Waals surface area contributed by atoms with Gasteiger partial charge in [-0.15, -0.1) is 0 Å². The van der Waals surface area contributed by atoms with Crippen LogP contribution >= 0.6 is 22.6 Å². The van der Waals surface area contributed by atoms with Crippen LogP contribution in [0.15, 0.2) is 6.33 Å². The van der Waals surface area contributed by atoms with E-state index in [1.807, 2.05) is 11.6 Å². The van der Waals surface area contributed by atoms with Crippen LogP contribution in [0.4, 0.5) is 5.82 Å². The van der Waals surface area contributed by atoms with Gasteiger partial charge in [-0.1, -0.05) is 20.8 Å². The Morgan fingerprint density at radius 3 is 2.56 bits per heavy atom. The molecular formula is C19H30IN5OSi. The zero-order valence-corrected chi connectivity index (χ0v) is 20.2. The third kappa shape index (κ3) is 3.41. The topological polar surface area (TPSA) is 64.9 Å². The van der Waals surface area contributed by atoms with Crippen LogP contribution in [0.5, 0.6) is 0 Å². The molecule has 1 N–H and O–H groups in total. The van der Waals surface area contributed by atoms with E-state index in [4.69, 9.17) is 4.43 Å². The van der Waals surface area contributed by atoms with E-state index in [9.17, 15) is 0 Å². The van der Waals surface area contributed by atoms with Crippen molar-refractivity contribution < 1.29 is 4.43 Å². The third-order valence-electron chi connectivity index (χ3n) is 6.97. The molecule has 2 aromatic rings. The minimum absolute atomic E-state index is 0.273. The summed E-state index contributed by atoms with van der Waals surface area (Å²) in [7, 11) is 0.296. The first-order valence-electron chi connectivity index (χ1n) is 9.84. The van der Waals surface area contributed by atoms with E-state index in [1.54, 1.807) is 6.33 Å². The van der Waals surface area contributed by atoms with Gasteiger partial charge in [-0.05, 0) is 49.2 Å². The maximum atomic E-state index is 6.75. The van der Waals surface area contributed by atoms with Gasteiger partial charge in [0.15, 0.2) is 29.1 Å². The number of aryl methyl sites for hydroxylation is 1. The van der Waals surface area contributed by atoms with Crippen LogP contribution in [-0.4, -0.2) is 40.0 Å². The van der Waals surface area contributed by atoms with E-state index >= 15 is 0 Å². The molecule has 0 aliphatic heterocycles. The van der Waals surface area contributed by atoms with Crippen molar-refractivity contribution >= 4 is 47.9 Å². The van der Waals surface area contributed by atoms with Crippen molar-refractivity contribution in [1.29, 1.82) is 0 Å². The van der Waals surface area contributed by atoms with Crippen molar-refractivity contribution in [2.45, 2.75) is 70.3 Å². The lowest BCUT2D eigenvalue weighted by Crippen LogP contribution is -2.46. The molecule has 2 aromatic heterocycles. The molecule has 27 heavy (non-hydrogen) atoms. The molecule has 4 rings (SSSR count). The highest BCUT2D eigenvalue weighted by molar-refractivity contribution is 14.1. The van der Waals surface area contributed by atoms with Crippen molar-refractivity contribution in [2.75, 3.05) is 5.32 Å². The third-order valence-corrected chi connectivity index (χ3v) is 12.4. The van der Waals surface area contributed by atoms with Gasteiger partial charge in [-0.3, -0.25) is 0 Å². The summed E-state index contributed by atoms with van der Waals surface area (Å²) in [6.45, 7) is 11.7. The zero-order valence-electron chi connectivity index (χ0n) is 17.1. The van der Waals surface area contributed by atoms with Crippen molar-refractivity contribution in [3.8, 4) is 0 Å². The summed E-state index contributed by atoms with van der Waals surface area (Å²) in [5.41, 5.74) is 1.76. The summed E-state index contributed by atoms with van der Waals surface area (Å²) in [6.07, 6.45) is 5.68. The number of rotatable bonds is 4. The summed E-state index contributed by atoms with van der Waals surface area (Å²) in [4.78, 5) is 13.5. The van der Waals surface area contributed by atoms with E-state index in [2.05, 4.69) is 76.7 Å². The lowest BCUT2D eigenvalue weighted by Gasteiger charge is -2.41. The molecule has 6 nitrogen and oxygen atoms in total. The van der Waals surface area contributed by atoms with Crippen LogP contribution in [0.3, 0.4) is 0 Å². The quantitative estimate of drug-likeness (QED) is 0.380. The highest BCUT2D eigenvalue weighted by Gasteiger charge is 2.50. The Morgan fingerprint density at radius 2 is 1.93 bits per heavy atom. The summed E-state index contributed by atoms with van der Waals surface area (Å²) >= 11 is 2.24. The summed E-state index contributed by atoms with van der Waals surface area (Å²) < 4.78 is 9.69. The van der Waals surface area contributed by atoms with Crippen LogP contribution in [0.25, 0.3) is 11.2 Å². The minimum atomic E-state index is -1.70. The predicted molar refractivity (Wildman–Crippen MR) is 119 cm³/mol. The second-order valence-electron chi connectivity index (χ2n) is 9.73. The fourth-order valence-corrected chi connectivity index (χ4v) is 6.22. The van der Waals surface area contributed by atoms with E-state index < -0.39 is 8.32 Å². The van der Waals surface area contributed by atoms with Gasteiger partial charge < -0.3 is 14.3 Å². The Bertz CT molecular complexity index is 862.